The van der Waals surface area contributed by atoms with Crippen LogP contribution in [0.25, 0.3) is 0 Å². The number of nitrogens with two attached hydrogens (primary N) is 1. The Balaban J connectivity index is 2.40. The third-order valence-corrected chi connectivity index (χ3v) is 3.64. The van der Waals surface area contributed by atoms with E-state index in [2.05, 4.69) is 10.3 Å². The smallest absolute Gasteiger partial charge is 0.289 e. The van der Waals surface area contributed by atoms with Crippen LogP contribution in [0, 0.1) is 0 Å². The Labute approximate surface area is 145 Å². The van der Waals surface area contributed by atoms with Gasteiger partial charge in [-0.05, 0) is 19.1 Å². The van der Waals surface area contributed by atoms with Crippen LogP contribution in [0.1, 0.15) is 6.92 Å². The van der Waals surface area contributed by atoms with Gasteiger partial charge in [0.2, 0.25) is 0 Å². The molecule has 1 heterocycles. The zero-order valence-electron chi connectivity index (χ0n) is 11.8. The van der Waals surface area contributed by atoms with Gasteiger partial charge >= 0.3 is 0 Å². The topological polar surface area (TPSA) is 103 Å². The van der Waals surface area contributed by atoms with Crippen molar-refractivity contribution in [2.45, 2.75) is 13.5 Å². The van der Waals surface area contributed by atoms with Crippen LogP contribution in [0.15, 0.2) is 28.3 Å². The number of hydrogen-bond donors (Lipinski definition) is 2. The second-order valence-corrected chi connectivity index (χ2v) is 5.73. The third kappa shape index (κ3) is 3.87. The molecular weight excluding hydrogens is 367 g/mol. The normalized spacial score (nSPS) is 11.6. The van der Waals surface area contributed by atoms with E-state index in [1.807, 2.05) is 0 Å². The van der Waals surface area contributed by atoms with Crippen molar-refractivity contribution in [2.24, 2.45) is 5.16 Å². The summed E-state index contributed by atoms with van der Waals surface area (Å²) in [5.74, 6) is 0.0940. The van der Waals surface area contributed by atoms with Crippen LogP contribution in [-0.2, 0) is 6.54 Å². The first-order valence-corrected chi connectivity index (χ1v) is 7.32. The molecule has 7 nitrogen and oxygen atoms in total. The lowest BCUT2D eigenvalue weighted by molar-refractivity contribution is 0.316. The number of anilines is 1. The third-order valence-electron chi connectivity index (χ3n) is 2.73. The zero-order chi connectivity index (χ0) is 17.1. The predicted octanol–water partition coefficient (Wildman–Crippen LogP) is 3.43. The molecule has 0 amide bonds. The molecule has 0 fully saturated rings. The number of aromatic nitrogens is 2. The Morgan fingerprint density at radius 1 is 1.39 bits per heavy atom. The van der Waals surface area contributed by atoms with Gasteiger partial charge in [-0.15, -0.1) is 0 Å². The van der Waals surface area contributed by atoms with Crippen molar-refractivity contribution in [1.29, 1.82) is 0 Å². The van der Waals surface area contributed by atoms with E-state index in [9.17, 15) is 4.79 Å². The van der Waals surface area contributed by atoms with Crippen molar-refractivity contribution in [3.8, 4) is 11.5 Å². The minimum Gasteiger partial charge on any atom is -0.451 e. The number of rotatable bonds is 4. The van der Waals surface area contributed by atoms with Crippen LogP contribution in [-0.4, -0.2) is 20.7 Å². The maximum Gasteiger partial charge on any atom is 0.289 e. The Morgan fingerprint density at radius 2 is 2.00 bits per heavy atom. The lowest BCUT2D eigenvalue weighted by Crippen LogP contribution is -2.26. The number of halogens is 3. The molecule has 0 aliphatic carbocycles. The van der Waals surface area contributed by atoms with Gasteiger partial charge in [0.15, 0.2) is 16.5 Å². The Hall–Kier alpha value is -1.96. The van der Waals surface area contributed by atoms with Crippen LogP contribution >= 0.6 is 34.8 Å². The predicted molar refractivity (Wildman–Crippen MR) is 89.4 cm³/mol. The van der Waals surface area contributed by atoms with Crippen molar-refractivity contribution in [1.82, 2.24) is 9.78 Å². The SMILES string of the molecule is C/C(Cn1ncc(Oc2c(Cl)cc(N)cc2Cl)c(Cl)c1=O)=N\O. The summed E-state index contributed by atoms with van der Waals surface area (Å²) in [6, 6.07) is 2.90. The highest BCUT2D eigenvalue weighted by molar-refractivity contribution is 6.37. The van der Waals surface area contributed by atoms with Gasteiger partial charge in [0.05, 0.1) is 28.5 Å². The molecule has 0 saturated heterocycles. The Morgan fingerprint density at radius 3 is 2.57 bits per heavy atom. The summed E-state index contributed by atoms with van der Waals surface area (Å²) in [4.78, 5) is 12.1. The van der Waals surface area contributed by atoms with Gasteiger partial charge in [-0.1, -0.05) is 40.0 Å². The van der Waals surface area contributed by atoms with E-state index in [0.29, 0.717) is 5.69 Å². The van der Waals surface area contributed by atoms with Crippen molar-refractivity contribution in [3.63, 3.8) is 0 Å². The van der Waals surface area contributed by atoms with Crippen LogP contribution < -0.4 is 16.0 Å². The van der Waals surface area contributed by atoms with E-state index >= 15 is 0 Å². The molecule has 0 spiro atoms. The second kappa shape index (κ2) is 7.08. The number of nitrogen functional groups attached to an aromatic ring is 1. The number of nitrogens with zero attached hydrogens (tertiary/aromatic N) is 3. The van der Waals surface area contributed by atoms with E-state index in [0.717, 1.165) is 4.68 Å². The molecule has 0 aliphatic heterocycles. The number of hydrogen-bond acceptors (Lipinski definition) is 6. The van der Waals surface area contributed by atoms with Gasteiger partial charge in [0.1, 0.15) is 0 Å². The van der Waals surface area contributed by atoms with Crippen molar-refractivity contribution < 1.29 is 9.94 Å². The van der Waals surface area contributed by atoms with Crippen molar-refractivity contribution in [2.75, 3.05) is 5.73 Å². The molecular formula is C13H11Cl3N4O3. The van der Waals surface area contributed by atoms with Gasteiger partial charge in [-0.2, -0.15) is 5.10 Å². The Bertz CT molecular complexity index is 813. The van der Waals surface area contributed by atoms with Crippen LogP contribution in [0.3, 0.4) is 0 Å². The molecule has 0 atom stereocenters. The molecule has 0 saturated carbocycles. The molecule has 0 aliphatic rings. The number of benzene rings is 1. The van der Waals surface area contributed by atoms with E-state index in [4.69, 9.17) is 50.5 Å². The molecule has 0 bridgehead atoms. The maximum absolute atomic E-state index is 12.1. The standard InChI is InChI=1S/C13H11Cl3N4O3/c1-6(19-22)5-20-13(21)11(16)10(4-18-20)23-12-8(14)2-7(17)3-9(12)15/h2-4,22H,5,17H2,1H3/b19-6+. The highest BCUT2D eigenvalue weighted by Gasteiger charge is 2.16. The monoisotopic (exact) mass is 376 g/mol. The molecule has 122 valence electrons. The first kappa shape index (κ1) is 17.4. The molecule has 2 aromatic rings. The van der Waals surface area contributed by atoms with Crippen LogP contribution in [0.4, 0.5) is 5.69 Å². The minimum atomic E-state index is -0.616. The quantitative estimate of drug-likeness (QED) is 0.368. The first-order valence-electron chi connectivity index (χ1n) is 6.19. The fourth-order valence-electron chi connectivity index (χ4n) is 1.67. The molecule has 2 rings (SSSR count). The fourth-order valence-corrected chi connectivity index (χ4v) is 2.44. The van der Waals surface area contributed by atoms with Gasteiger partial charge in [-0.3, -0.25) is 4.79 Å². The van der Waals surface area contributed by atoms with E-state index in [-0.39, 0.29) is 38.8 Å². The number of ether oxygens (including phenoxy) is 1. The highest BCUT2D eigenvalue weighted by atomic mass is 35.5. The van der Waals surface area contributed by atoms with Gasteiger partial charge < -0.3 is 15.7 Å². The van der Waals surface area contributed by atoms with Gasteiger partial charge in [0, 0.05) is 5.69 Å². The summed E-state index contributed by atoms with van der Waals surface area (Å²) in [5, 5.41) is 15.6. The van der Waals surface area contributed by atoms with Crippen LogP contribution in [0.2, 0.25) is 15.1 Å². The summed E-state index contributed by atoms with van der Waals surface area (Å²) in [5.41, 5.74) is 5.64. The van der Waals surface area contributed by atoms with E-state index in [1.165, 1.54) is 25.3 Å². The summed E-state index contributed by atoms with van der Waals surface area (Å²) in [7, 11) is 0. The van der Waals surface area contributed by atoms with Crippen LogP contribution in [0.5, 0.6) is 11.5 Å². The average molecular weight is 378 g/mol. The largest absolute Gasteiger partial charge is 0.451 e. The molecule has 1 aromatic heterocycles. The fraction of sp³-hybridized carbons (Fsp3) is 0.154. The molecule has 0 unspecified atom stereocenters. The molecule has 0 radical (unpaired) electrons. The van der Waals surface area contributed by atoms with Gasteiger partial charge in [-0.25, -0.2) is 4.68 Å². The first-order chi connectivity index (χ1) is 10.8. The zero-order valence-corrected chi connectivity index (χ0v) is 14.0. The summed E-state index contributed by atoms with van der Waals surface area (Å²) < 4.78 is 6.51. The molecule has 10 heteroatoms. The summed E-state index contributed by atoms with van der Waals surface area (Å²) in [6.45, 7) is 1.51. The van der Waals surface area contributed by atoms with Gasteiger partial charge in [0.25, 0.3) is 5.56 Å². The Kier molecular flexibility index (Phi) is 5.35. The molecule has 23 heavy (non-hydrogen) atoms. The molecule has 3 N–H and O–H groups in total. The van der Waals surface area contributed by atoms with Crippen molar-refractivity contribution >= 4 is 46.2 Å². The van der Waals surface area contributed by atoms with E-state index in [1.54, 1.807) is 0 Å². The lowest BCUT2D eigenvalue weighted by atomic mass is 10.3. The van der Waals surface area contributed by atoms with E-state index < -0.39 is 5.56 Å². The molecule has 1 aromatic carbocycles. The summed E-state index contributed by atoms with van der Waals surface area (Å²) >= 11 is 18.0. The maximum atomic E-state index is 12.1. The summed E-state index contributed by atoms with van der Waals surface area (Å²) in [6.07, 6.45) is 1.23. The second-order valence-electron chi connectivity index (χ2n) is 4.54. The lowest BCUT2D eigenvalue weighted by Gasteiger charge is -2.12. The average Bonchev–Trinajstić information content (AvgIpc) is 2.49. The minimum absolute atomic E-state index is 0.0138. The number of oxime groups is 1. The highest BCUT2D eigenvalue weighted by Crippen LogP contribution is 2.39. The van der Waals surface area contributed by atoms with Crippen molar-refractivity contribution in [3.05, 3.63) is 43.8 Å².